The Bertz CT molecular complexity index is 1280. The minimum atomic E-state index is -0.0782. The molecule has 1 aliphatic rings. The predicted molar refractivity (Wildman–Crippen MR) is 141 cm³/mol. The molecule has 35 heavy (non-hydrogen) atoms. The highest BCUT2D eigenvalue weighted by molar-refractivity contribution is 7.99. The van der Waals surface area contributed by atoms with Gasteiger partial charge in [-0.1, -0.05) is 30.0 Å². The molecule has 178 valence electrons. The molecule has 1 N–H and O–H groups in total. The van der Waals surface area contributed by atoms with Gasteiger partial charge in [0.1, 0.15) is 0 Å². The number of aryl methyl sites for hydroxylation is 1. The number of nitrogens with zero attached hydrogens (tertiary/aromatic N) is 5. The Morgan fingerprint density at radius 2 is 1.69 bits per heavy atom. The van der Waals surface area contributed by atoms with E-state index in [-0.39, 0.29) is 11.7 Å². The third-order valence-electron chi connectivity index (χ3n) is 6.13. The standard InChI is InChI=1S/C27H28N6OS/c1-20-7-3-4-8-24(20)33-26(21-13-15-28-16-14-21)30-31-27(33)35-19-25(34)29-22-9-11-23(12-10-22)32-17-5-2-6-18-32/h3-4,7-16H,2,5-6,17-19H2,1H3,(H,29,34). The highest BCUT2D eigenvalue weighted by atomic mass is 32.2. The number of amides is 1. The predicted octanol–water partition coefficient (Wildman–Crippen LogP) is 5.36. The smallest absolute Gasteiger partial charge is 0.234 e. The van der Waals surface area contributed by atoms with Crippen LogP contribution in [0.4, 0.5) is 11.4 Å². The van der Waals surface area contributed by atoms with Gasteiger partial charge in [0.2, 0.25) is 5.91 Å². The number of anilines is 2. The normalized spacial score (nSPS) is 13.6. The average molecular weight is 485 g/mol. The van der Waals surface area contributed by atoms with Gasteiger partial charge in [0.25, 0.3) is 0 Å². The van der Waals surface area contributed by atoms with Crippen molar-refractivity contribution < 1.29 is 4.79 Å². The third-order valence-corrected chi connectivity index (χ3v) is 7.06. The lowest BCUT2D eigenvalue weighted by Gasteiger charge is -2.28. The van der Waals surface area contributed by atoms with Crippen LogP contribution < -0.4 is 10.2 Å². The van der Waals surface area contributed by atoms with Crippen LogP contribution in [0.2, 0.25) is 0 Å². The molecule has 5 rings (SSSR count). The molecule has 3 heterocycles. The number of pyridine rings is 1. The zero-order valence-corrected chi connectivity index (χ0v) is 20.5. The first-order chi connectivity index (χ1) is 17.2. The molecule has 1 fully saturated rings. The van der Waals surface area contributed by atoms with Crippen LogP contribution in [0.5, 0.6) is 0 Å². The highest BCUT2D eigenvalue weighted by Gasteiger charge is 2.18. The van der Waals surface area contributed by atoms with E-state index in [0.29, 0.717) is 5.16 Å². The first-order valence-electron chi connectivity index (χ1n) is 11.9. The first-order valence-corrected chi connectivity index (χ1v) is 12.9. The molecule has 7 nitrogen and oxygen atoms in total. The largest absolute Gasteiger partial charge is 0.372 e. The van der Waals surface area contributed by atoms with Crippen LogP contribution >= 0.6 is 11.8 Å². The molecule has 0 aliphatic carbocycles. The topological polar surface area (TPSA) is 75.9 Å². The summed E-state index contributed by atoms with van der Waals surface area (Å²) in [5, 5.41) is 12.5. The summed E-state index contributed by atoms with van der Waals surface area (Å²) >= 11 is 1.37. The van der Waals surface area contributed by atoms with Crippen LogP contribution in [-0.2, 0) is 4.79 Å². The first kappa shape index (κ1) is 23.1. The van der Waals surface area contributed by atoms with Crippen molar-refractivity contribution in [1.29, 1.82) is 0 Å². The summed E-state index contributed by atoms with van der Waals surface area (Å²) in [5.41, 5.74) is 5.02. The van der Waals surface area contributed by atoms with Gasteiger partial charge >= 0.3 is 0 Å². The Morgan fingerprint density at radius 1 is 0.943 bits per heavy atom. The molecule has 0 atom stereocenters. The van der Waals surface area contributed by atoms with Gasteiger partial charge in [-0.2, -0.15) is 0 Å². The number of aromatic nitrogens is 4. The van der Waals surface area contributed by atoms with Crippen LogP contribution in [-0.4, -0.2) is 44.5 Å². The van der Waals surface area contributed by atoms with Crippen LogP contribution in [0.25, 0.3) is 17.1 Å². The zero-order valence-electron chi connectivity index (χ0n) is 19.7. The number of hydrogen-bond donors (Lipinski definition) is 1. The van der Waals surface area contributed by atoms with E-state index in [9.17, 15) is 4.79 Å². The molecule has 1 amide bonds. The fourth-order valence-corrected chi connectivity index (χ4v) is 5.06. The minimum Gasteiger partial charge on any atom is -0.372 e. The number of thioether (sulfide) groups is 1. The van der Waals surface area contributed by atoms with E-state index in [1.807, 2.05) is 47.0 Å². The summed E-state index contributed by atoms with van der Waals surface area (Å²) < 4.78 is 2.01. The number of carbonyl (C=O) groups excluding carboxylic acids is 1. The third kappa shape index (κ3) is 5.38. The maximum Gasteiger partial charge on any atom is 0.234 e. The van der Waals surface area contributed by atoms with Crippen molar-refractivity contribution in [3.63, 3.8) is 0 Å². The molecule has 0 spiro atoms. The summed E-state index contributed by atoms with van der Waals surface area (Å²) in [6.45, 7) is 4.26. The van der Waals surface area contributed by atoms with Crippen molar-refractivity contribution >= 4 is 29.0 Å². The lowest BCUT2D eigenvalue weighted by molar-refractivity contribution is -0.113. The van der Waals surface area contributed by atoms with E-state index in [1.165, 1.54) is 36.7 Å². The Balaban J connectivity index is 1.30. The molecule has 4 aromatic rings. The summed E-state index contributed by atoms with van der Waals surface area (Å²) in [4.78, 5) is 19.3. The van der Waals surface area contributed by atoms with E-state index in [0.717, 1.165) is 41.4 Å². The maximum atomic E-state index is 12.8. The van der Waals surface area contributed by atoms with Gasteiger partial charge < -0.3 is 10.2 Å². The van der Waals surface area contributed by atoms with Crippen molar-refractivity contribution in [3.05, 3.63) is 78.6 Å². The molecule has 2 aromatic heterocycles. The lowest BCUT2D eigenvalue weighted by atomic mass is 10.1. The number of piperidine rings is 1. The van der Waals surface area contributed by atoms with E-state index in [4.69, 9.17) is 0 Å². The van der Waals surface area contributed by atoms with Gasteiger partial charge in [0.05, 0.1) is 11.4 Å². The molecule has 0 bridgehead atoms. The SMILES string of the molecule is Cc1ccccc1-n1c(SCC(=O)Nc2ccc(N3CCCCC3)cc2)nnc1-c1ccncc1. The molecular formula is C27H28N6OS. The Kier molecular flexibility index (Phi) is 7.09. The average Bonchev–Trinajstić information content (AvgIpc) is 3.33. The van der Waals surface area contributed by atoms with Gasteiger partial charge in [0.15, 0.2) is 11.0 Å². The number of para-hydroxylation sites is 1. The highest BCUT2D eigenvalue weighted by Crippen LogP contribution is 2.29. The van der Waals surface area contributed by atoms with Crippen molar-refractivity contribution in [2.45, 2.75) is 31.3 Å². The minimum absolute atomic E-state index is 0.0782. The number of nitrogens with one attached hydrogen (secondary N) is 1. The van der Waals surface area contributed by atoms with Crippen LogP contribution in [0.15, 0.2) is 78.2 Å². The molecule has 0 unspecified atom stereocenters. The van der Waals surface area contributed by atoms with Gasteiger partial charge in [0, 0.05) is 42.4 Å². The quantitative estimate of drug-likeness (QED) is 0.356. The Labute approximate surface area is 209 Å². The molecule has 1 aliphatic heterocycles. The molecule has 2 aromatic carbocycles. The van der Waals surface area contributed by atoms with Crippen molar-refractivity contribution in [3.8, 4) is 17.1 Å². The van der Waals surface area contributed by atoms with Gasteiger partial charge in [-0.05, 0) is 74.2 Å². The second kappa shape index (κ2) is 10.7. The number of benzene rings is 2. The monoisotopic (exact) mass is 484 g/mol. The number of carbonyl (C=O) groups is 1. The molecule has 0 saturated carbocycles. The lowest BCUT2D eigenvalue weighted by Crippen LogP contribution is -2.29. The van der Waals surface area contributed by atoms with Gasteiger partial charge in [-0.25, -0.2) is 0 Å². The van der Waals surface area contributed by atoms with E-state index < -0.39 is 0 Å². The van der Waals surface area contributed by atoms with Crippen LogP contribution in [0.3, 0.4) is 0 Å². The fourth-order valence-electron chi connectivity index (χ4n) is 4.32. The Morgan fingerprint density at radius 3 is 2.43 bits per heavy atom. The molecule has 0 radical (unpaired) electrons. The van der Waals surface area contributed by atoms with Crippen LogP contribution in [0, 0.1) is 6.92 Å². The summed E-state index contributed by atoms with van der Waals surface area (Å²) in [6, 6.07) is 20.0. The van der Waals surface area contributed by atoms with Crippen LogP contribution in [0.1, 0.15) is 24.8 Å². The van der Waals surface area contributed by atoms with Gasteiger partial charge in [-0.3, -0.25) is 14.3 Å². The van der Waals surface area contributed by atoms with Crippen molar-refractivity contribution in [2.75, 3.05) is 29.1 Å². The zero-order chi connectivity index (χ0) is 24.0. The number of hydrogen-bond acceptors (Lipinski definition) is 6. The number of rotatable bonds is 7. The Hall–Kier alpha value is -3.65. The molecular weight excluding hydrogens is 456 g/mol. The second-order valence-corrected chi connectivity index (χ2v) is 9.54. The summed E-state index contributed by atoms with van der Waals surface area (Å²) in [7, 11) is 0. The summed E-state index contributed by atoms with van der Waals surface area (Å²) in [6.07, 6.45) is 7.27. The van der Waals surface area contributed by atoms with E-state index >= 15 is 0 Å². The fraction of sp³-hybridized carbons (Fsp3) is 0.259. The second-order valence-electron chi connectivity index (χ2n) is 8.60. The van der Waals surface area contributed by atoms with Crippen molar-refractivity contribution in [1.82, 2.24) is 19.7 Å². The maximum absolute atomic E-state index is 12.8. The van der Waals surface area contributed by atoms with Crippen molar-refractivity contribution in [2.24, 2.45) is 0 Å². The molecule has 1 saturated heterocycles. The van der Waals surface area contributed by atoms with Gasteiger partial charge in [-0.15, -0.1) is 10.2 Å². The van der Waals surface area contributed by atoms with E-state index in [1.54, 1.807) is 12.4 Å². The molecule has 8 heteroatoms. The summed E-state index contributed by atoms with van der Waals surface area (Å²) in [5.74, 6) is 0.872. The van der Waals surface area contributed by atoms with E-state index in [2.05, 4.69) is 50.5 Å².